The van der Waals surface area contributed by atoms with E-state index in [1.54, 1.807) is 26.4 Å². The first-order chi connectivity index (χ1) is 18.8. The molecule has 0 aromatic heterocycles. The molecule has 0 N–H and O–H groups in total. The van der Waals surface area contributed by atoms with Gasteiger partial charge >= 0.3 is 0 Å². The van der Waals surface area contributed by atoms with Crippen molar-refractivity contribution in [3.8, 4) is 23.0 Å². The maximum atomic E-state index is 13.0. The smallest absolute Gasteiger partial charge is 0.227 e. The molecule has 1 aliphatic heterocycles. The van der Waals surface area contributed by atoms with Crippen LogP contribution in [0, 0.1) is 0 Å². The fourth-order valence-corrected chi connectivity index (χ4v) is 4.99. The first-order valence-corrected chi connectivity index (χ1v) is 11.5. The minimum Gasteiger partial charge on any atom is -0.493 e. The van der Waals surface area contributed by atoms with Crippen molar-refractivity contribution in [2.45, 2.75) is 31.6 Å². The highest BCUT2D eigenvalue weighted by Gasteiger charge is 2.29. The molecule has 0 radical (unpaired) electrons. The summed E-state index contributed by atoms with van der Waals surface area (Å²) < 4.78 is 65.3. The largest absolute Gasteiger partial charge is 0.493 e. The number of carbonyl (C=O) groups is 1. The minimum atomic E-state index is -2.73. The van der Waals surface area contributed by atoms with Gasteiger partial charge in [-0.25, -0.2) is 0 Å². The van der Waals surface area contributed by atoms with E-state index in [4.69, 9.17) is 27.2 Å². The van der Waals surface area contributed by atoms with Crippen molar-refractivity contribution >= 4 is 5.91 Å². The van der Waals surface area contributed by atoms with Crippen molar-refractivity contribution in [1.29, 1.82) is 0 Å². The Morgan fingerprint density at radius 1 is 0.971 bits per heavy atom. The van der Waals surface area contributed by atoms with Crippen LogP contribution in [0.2, 0.25) is 0 Å². The minimum absolute atomic E-state index is 0.0946. The summed E-state index contributed by atoms with van der Waals surface area (Å²) >= 11 is 0. The maximum Gasteiger partial charge on any atom is 0.227 e. The summed E-state index contributed by atoms with van der Waals surface area (Å²) in [6.45, 7) is 2.81. The lowest BCUT2D eigenvalue weighted by Gasteiger charge is -2.34. The van der Waals surface area contributed by atoms with Gasteiger partial charge in [0, 0.05) is 25.6 Å². The quantitative estimate of drug-likeness (QED) is 0.527. The van der Waals surface area contributed by atoms with Gasteiger partial charge in [-0.2, -0.15) is 0 Å². The Morgan fingerprint density at radius 2 is 1.62 bits per heavy atom. The number of likely N-dealkylation sites (N-methyl/N-ethyl adjacent to an activating group) is 1. The van der Waals surface area contributed by atoms with Crippen LogP contribution in [-0.4, -0.2) is 77.2 Å². The van der Waals surface area contributed by atoms with E-state index in [1.807, 2.05) is 24.1 Å². The van der Waals surface area contributed by atoms with E-state index in [-0.39, 0.29) is 23.3 Å². The number of methoxy groups -OCH3 is 4. The second kappa shape index (κ2) is 10.6. The van der Waals surface area contributed by atoms with Gasteiger partial charge < -0.3 is 28.7 Å². The number of fused-ring (bicyclic) bond motifs is 2. The number of nitrogens with zero attached hydrogens (tertiary/aromatic N) is 2. The average Bonchev–Trinajstić information content (AvgIpc) is 2.99. The molecule has 2 aliphatic rings. The molecule has 0 spiro atoms. The van der Waals surface area contributed by atoms with E-state index in [2.05, 4.69) is 4.90 Å². The van der Waals surface area contributed by atoms with E-state index < -0.39 is 14.1 Å². The van der Waals surface area contributed by atoms with Crippen molar-refractivity contribution in [3.05, 3.63) is 46.5 Å². The molecule has 184 valence electrons. The summed E-state index contributed by atoms with van der Waals surface area (Å²) in [6.07, 6.45) is 2.62. The lowest BCUT2D eigenvalue weighted by molar-refractivity contribution is -0.130. The molecule has 0 bridgehead atoms. The normalized spacial score (nSPS) is 20.3. The van der Waals surface area contributed by atoms with E-state index >= 15 is 0 Å². The van der Waals surface area contributed by atoms with Gasteiger partial charge in [0.05, 0.1) is 42.9 Å². The predicted molar refractivity (Wildman–Crippen MR) is 132 cm³/mol. The third-order valence-electron chi connectivity index (χ3n) is 6.88. The third-order valence-corrected chi connectivity index (χ3v) is 6.88. The monoisotopic (exact) mass is 474 g/mol. The Hall–Kier alpha value is -2.93. The molecule has 1 unspecified atom stereocenters. The van der Waals surface area contributed by atoms with Gasteiger partial charge in [0.1, 0.15) is 0 Å². The zero-order chi connectivity index (χ0) is 29.2. The summed E-state index contributed by atoms with van der Waals surface area (Å²) in [5.74, 6) is 1.35. The summed E-state index contributed by atoms with van der Waals surface area (Å²) in [7, 11) is -0.247. The summed E-state index contributed by atoms with van der Waals surface area (Å²) in [5, 5.41) is 0. The number of ether oxygens (including phenoxy) is 4. The Bertz CT molecular complexity index is 1230. The van der Waals surface area contributed by atoms with Gasteiger partial charge in [0.25, 0.3) is 0 Å². The summed E-state index contributed by atoms with van der Waals surface area (Å²) in [6, 6.07) is 7.00. The molecule has 0 fully saturated rings. The molecule has 7 heteroatoms. The Kier molecular flexibility index (Phi) is 5.43. The molecule has 2 aromatic rings. The third kappa shape index (κ3) is 4.94. The van der Waals surface area contributed by atoms with Crippen LogP contribution in [0.25, 0.3) is 0 Å². The molecule has 4 rings (SSSR count). The maximum absolute atomic E-state index is 13.0. The highest BCUT2D eigenvalue weighted by Crippen LogP contribution is 2.42. The summed E-state index contributed by atoms with van der Waals surface area (Å²) in [5.41, 5.74) is 3.91. The van der Waals surface area contributed by atoms with Crippen molar-refractivity contribution in [2.75, 3.05) is 61.5 Å². The number of rotatable bonds is 10. The number of benzene rings is 2. The van der Waals surface area contributed by atoms with Crippen molar-refractivity contribution in [1.82, 2.24) is 9.80 Å². The van der Waals surface area contributed by atoms with Crippen LogP contribution in [0.3, 0.4) is 0 Å². The van der Waals surface area contributed by atoms with Crippen LogP contribution in [0.1, 0.15) is 42.8 Å². The fourth-order valence-electron chi connectivity index (χ4n) is 4.99. The predicted octanol–water partition coefficient (Wildman–Crippen LogP) is 3.31. The standard InChI is InChI=1S/C27H36N2O5/c1-28(17-21-11-20-14-25(33-4)26(34-5)16-22(20)21)8-6-9-29-10-7-18-12-23(31-2)24(32-3)13-19(18)15-27(29)30/h12-14,16,21H,6-11,15,17H2,1-5H3/i4D3,5D3. The molecular weight excluding hydrogens is 432 g/mol. The van der Waals surface area contributed by atoms with E-state index in [1.165, 1.54) is 0 Å². The molecule has 0 saturated heterocycles. The second-order valence-corrected chi connectivity index (χ2v) is 9.00. The van der Waals surface area contributed by atoms with Crippen LogP contribution >= 0.6 is 0 Å². The molecule has 7 nitrogen and oxygen atoms in total. The Balaban J connectivity index is 1.32. The van der Waals surface area contributed by atoms with Crippen LogP contribution in [0.4, 0.5) is 0 Å². The average molecular weight is 475 g/mol. The number of hydrogen-bond acceptors (Lipinski definition) is 6. The van der Waals surface area contributed by atoms with Crippen LogP contribution in [0.15, 0.2) is 24.3 Å². The van der Waals surface area contributed by atoms with Gasteiger partial charge in [-0.15, -0.1) is 0 Å². The topological polar surface area (TPSA) is 60.5 Å². The lowest BCUT2D eigenvalue weighted by Crippen LogP contribution is -2.36. The highest BCUT2D eigenvalue weighted by atomic mass is 16.5. The number of hydrogen-bond donors (Lipinski definition) is 0. The zero-order valence-corrected chi connectivity index (χ0v) is 20.0. The number of amides is 1. The molecule has 1 aliphatic carbocycles. The molecule has 1 heterocycles. The van der Waals surface area contributed by atoms with Gasteiger partial charge in [-0.05, 0) is 79.4 Å². The SMILES string of the molecule is [2H]C([2H])([2H])Oc1cc2c(cc1OC([2H])([2H])[2H])C(CN(C)CCCN1CCc3cc(OC)c(OC)cc3CC1=O)C2. The van der Waals surface area contributed by atoms with Crippen molar-refractivity contribution in [3.63, 3.8) is 0 Å². The molecule has 1 atom stereocenters. The lowest BCUT2D eigenvalue weighted by atomic mass is 9.77. The molecule has 1 amide bonds. The van der Waals surface area contributed by atoms with Crippen LogP contribution in [-0.2, 0) is 24.1 Å². The zero-order valence-electron chi connectivity index (χ0n) is 26.0. The Labute approximate surface area is 211 Å². The first-order valence-electron chi connectivity index (χ1n) is 14.5. The molecular formula is C27H36N2O5. The number of carbonyl (C=O) groups excluding carboxylic acids is 1. The van der Waals surface area contributed by atoms with Gasteiger partial charge in [-0.3, -0.25) is 4.79 Å². The van der Waals surface area contributed by atoms with Crippen molar-refractivity contribution in [2.24, 2.45) is 0 Å². The van der Waals surface area contributed by atoms with E-state index in [0.717, 1.165) is 54.6 Å². The molecule has 34 heavy (non-hydrogen) atoms. The van der Waals surface area contributed by atoms with Crippen LogP contribution < -0.4 is 18.9 Å². The molecule has 2 aromatic carbocycles. The first kappa shape index (κ1) is 17.5. The summed E-state index contributed by atoms with van der Waals surface area (Å²) in [4.78, 5) is 17.1. The molecule has 0 saturated carbocycles. The van der Waals surface area contributed by atoms with Gasteiger partial charge in [-0.1, -0.05) is 0 Å². The van der Waals surface area contributed by atoms with E-state index in [0.29, 0.717) is 31.0 Å². The van der Waals surface area contributed by atoms with Gasteiger partial charge in [0.15, 0.2) is 23.0 Å². The van der Waals surface area contributed by atoms with Crippen molar-refractivity contribution < 1.29 is 32.0 Å². The second-order valence-electron chi connectivity index (χ2n) is 9.00. The Morgan fingerprint density at radius 3 is 2.32 bits per heavy atom. The van der Waals surface area contributed by atoms with Crippen LogP contribution in [0.5, 0.6) is 23.0 Å². The fraction of sp³-hybridized carbons (Fsp3) is 0.519. The van der Waals surface area contributed by atoms with E-state index in [9.17, 15) is 4.79 Å². The highest BCUT2D eigenvalue weighted by molar-refractivity contribution is 5.80. The van der Waals surface area contributed by atoms with Gasteiger partial charge in [0.2, 0.25) is 5.91 Å².